The molecule has 1 aliphatic heterocycles. The molecule has 3 N–H and O–H groups in total. The van der Waals surface area contributed by atoms with E-state index in [1.165, 1.54) is 32.2 Å². The molecule has 0 spiro atoms. The third kappa shape index (κ3) is 4.48. The van der Waals surface area contributed by atoms with E-state index >= 15 is 0 Å². The second kappa shape index (κ2) is 7.82. The van der Waals surface area contributed by atoms with E-state index in [1.54, 1.807) is 0 Å². The summed E-state index contributed by atoms with van der Waals surface area (Å²) < 4.78 is 0. The SMILES string of the molecule is CCN1CCCC1CNC(N)=NCC1(C(C)C)CC1.I. The summed E-state index contributed by atoms with van der Waals surface area (Å²) in [5.41, 5.74) is 6.45. The zero-order valence-electron chi connectivity index (χ0n) is 13.2. The summed E-state index contributed by atoms with van der Waals surface area (Å²) in [4.78, 5) is 7.08. The highest BCUT2D eigenvalue weighted by molar-refractivity contribution is 14.0. The average Bonchev–Trinajstić information content (AvgIpc) is 3.06. The summed E-state index contributed by atoms with van der Waals surface area (Å²) in [6.45, 7) is 11.0. The van der Waals surface area contributed by atoms with Crippen LogP contribution in [0.25, 0.3) is 0 Å². The molecule has 2 rings (SSSR count). The van der Waals surface area contributed by atoms with Gasteiger partial charge >= 0.3 is 0 Å². The Morgan fingerprint density at radius 3 is 2.70 bits per heavy atom. The number of guanidine groups is 1. The van der Waals surface area contributed by atoms with E-state index in [-0.39, 0.29) is 24.0 Å². The van der Waals surface area contributed by atoms with E-state index in [0.717, 1.165) is 25.6 Å². The quantitative estimate of drug-likeness (QED) is 0.413. The van der Waals surface area contributed by atoms with Crippen LogP contribution < -0.4 is 11.1 Å². The van der Waals surface area contributed by atoms with Gasteiger partial charge in [0.15, 0.2) is 5.96 Å². The number of rotatable bonds is 6. The number of aliphatic imine (C=N–C) groups is 1. The summed E-state index contributed by atoms with van der Waals surface area (Å²) in [6.07, 6.45) is 5.22. The molecule has 20 heavy (non-hydrogen) atoms. The Hall–Kier alpha value is -0.0400. The fraction of sp³-hybridized carbons (Fsp3) is 0.933. The van der Waals surface area contributed by atoms with Crippen molar-refractivity contribution in [3.63, 3.8) is 0 Å². The first-order valence-corrected chi connectivity index (χ1v) is 7.85. The van der Waals surface area contributed by atoms with Gasteiger partial charge in [0.05, 0.1) is 0 Å². The van der Waals surface area contributed by atoms with Gasteiger partial charge in [0, 0.05) is 19.1 Å². The third-order valence-electron chi connectivity index (χ3n) is 5.11. The van der Waals surface area contributed by atoms with Gasteiger partial charge < -0.3 is 11.1 Å². The first kappa shape index (κ1) is 18.0. The predicted octanol–water partition coefficient (Wildman–Crippen LogP) is 2.43. The van der Waals surface area contributed by atoms with E-state index in [0.29, 0.717) is 17.4 Å². The Morgan fingerprint density at radius 2 is 2.15 bits per heavy atom. The van der Waals surface area contributed by atoms with Gasteiger partial charge in [-0.2, -0.15) is 0 Å². The lowest BCUT2D eigenvalue weighted by Gasteiger charge is -2.23. The maximum Gasteiger partial charge on any atom is 0.188 e. The fourth-order valence-electron chi connectivity index (χ4n) is 3.14. The number of hydrogen-bond donors (Lipinski definition) is 2. The number of hydrogen-bond acceptors (Lipinski definition) is 2. The van der Waals surface area contributed by atoms with E-state index in [1.807, 2.05) is 0 Å². The van der Waals surface area contributed by atoms with Gasteiger partial charge in [-0.1, -0.05) is 20.8 Å². The first-order chi connectivity index (χ1) is 9.07. The molecular weight excluding hydrogens is 363 g/mol. The average molecular weight is 394 g/mol. The lowest BCUT2D eigenvalue weighted by Crippen LogP contribution is -2.43. The first-order valence-electron chi connectivity index (χ1n) is 7.85. The predicted molar refractivity (Wildman–Crippen MR) is 96.7 cm³/mol. The van der Waals surface area contributed by atoms with Gasteiger partial charge in [-0.3, -0.25) is 9.89 Å². The Bertz CT molecular complexity index is 326. The summed E-state index contributed by atoms with van der Waals surface area (Å²) in [6, 6.07) is 0.638. The van der Waals surface area contributed by atoms with Gasteiger partial charge in [-0.25, -0.2) is 0 Å². The molecule has 0 radical (unpaired) electrons. The van der Waals surface area contributed by atoms with Crippen LogP contribution in [-0.2, 0) is 0 Å². The van der Waals surface area contributed by atoms with Crippen molar-refractivity contribution >= 4 is 29.9 Å². The molecule has 1 unspecified atom stereocenters. The molecule has 4 nitrogen and oxygen atoms in total. The largest absolute Gasteiger partial charge is 0.370 e. The molecule has 1 saturated heterocycles. The van der Waals surface area contributed by atoms with Crippen LogP contribution in [0.2, 0.25) is 0 Å². The zero-order chi connectivity index (χ0) is 13.9. The number of nitrogens with two attached hydrogens (primary N) is 1. The highest BCUT2D eigenvalue weighted by atomic mass is 127. The van der Waals surface area contributed by atoms with Crippen molar-refractivity contribution in [1.82, 2.24) is 10.2 Å². The monoisotopic (exact) mass is 394 g/mol. The number of likely N-dealkylation sites (N-methyl/N-ethyl adjacent to an activating group) is 1. The molecule has 0 aromatic rings. The maximum absolute atomic E-state index is 5.99. The van der Waals surface area contributed by atoms with Crippen LogP contribution >= 0.6 is 24.0 Å². The summed E-state index contributed by atoms with van der Waals surface area (Å²) in [7, 11) is 0. The molecular formula is C15H31IN4. The molecule has 0 amide bonds. The molecule has 118 valence electrons. The Balaban J connectivity index is 0.00000200. The van der Waals surface area contributed by atoms with Gasteiger partial charge in [0.25, 0.3) is 0 Å². The molecule has 1 heterocycles. The molecule has 2 fully saturated rings. The van der Waals surface area contributed by atoms with E-state index in [4.69, 9.17) is 5.73 Å². The van der Waals surface area contributed by atoms with Crippen LogP contribution in [0.5, 0.6) is 0 Å². The van der Waals surface area contributed by atoms with Gasteiger partial charge in [-0.15, -0.1) is 24.0 Å². The van der Waals surface area contributed by atoms with Crippen molar-refractivity contribution in [3.8, 4) is 0 Å². The van der Waals surface area contributed by atoms with Gasteiger partial charge in [0.2, 0.25) is 0 Å². The number of halogens is 1. The molecule has 1 atom stereocenters. The van der Waals surface area contributed by atoms with Crippen LogP contribution in [0.4, 0.5) is 0 Å². The molecule has 1 aliphatic carbocycles. The van der Waals surface area contributed by atoms with E-state index in [9.17, 15) is 0 Å². The Kier molecular flexibility index (Phi) is 7.04. The van der Waals surface area contributed by atoms with Crippen molar-refractivity contribution in [1.29, 1.82) is 0 Å². The van der Waals surface area contributed by atoms with Crippen molar-refractivity contribution in [2.45, 2.75) is 52.5 Å². The Morgan fingerprint density at radius 1 is 1.45 bits per heavy atom. The molecule has 0 aromatic heterocycles. The van der Waals surface area contributed by atoms with Crippen molar-refractivity contribution < 1.29 is 0 Å². The highest BCUT2D eigenvalue weighted by Crippen LogP contribution is 2.51. The topological polar surface area (TPSA) is 53.6 Å². The second-order valence-corrected chi connectivity index (χ2v) is 6.52. The zero-order valence-corrected chi connectivity index (χ0v) is 15.5. The lowest BCUT2D eigenvalue weighted by molar-refractivity contribution is 0.267. The molecule has 5 heteroatoms. The summed E-state index contributed by atoms with van der Waals surface area (Å²) >= 11 is 0. The van der Waals surface area contributed by atoms with Gasteiger partial charge in [-0.05, 0) is 50.1 Å². The lowest BCUT2D eigenvalue weighted by atomic mass is 9.93. The van der Waals surface area contributed by atoms with Gasteiger partial charge in [0.1, 0.15) is 0 Å². The van der Waals surface area contributed by atoms with E-state index in [2.05, 4.69) is 36.0 Å². The Labute approximate surface area is 141 Å². The summed E-state index contributed by atoms with van der Waals surface area (Å²) in [5.74, 6) is 1.35. The second-order valence-electron chi connectivity index (χ2n) is 6.52. The van der Waals surface area contributed by atoms with Crippen LogP contribution in [0.1, 0.15) is 46.5 Å². The number of nitrogens with one attached hydrogen (secondary N) is 1. The van der Waals surface area contributed by atoms with Crippen LogP contribution in [0.3, 0.4) is 0 Å². The number of nitrogens with zero attached hydrogens (tertiary/aromatic N) is 2. The molecule has 0 bridgehead atoms. The molecule has 2 aliphatic rings. The molecule has 0 aromatic carbocycles. The van der Waals surface area contributed by atoms with Crippen molar-refractivity contribution in [3.05, 3.63) is 0 Å². The smallest absolute Gasteiger partial charge is 0.188 e. The summed E-state index contributed by atoms with van der Waals surface area (Å²) in [5, 5.41) is 3.31. The third-order valence-corrected chi connectivity index (χ3v) is 5.11. The normalized spacial score (nSPS) is 25.6. The minimum Gasteiger partial charge on any atom is -0.370 e. The molecule has 1 saturated carbocycles. The highest BCUT2D eigenvalue weighted by Gasteiger charge is 2.45. The maximum atomic E-state index is 5.99. The minimum atomic E-state index is 0. The standard InChI is InChI=1S/C15H30N4.HI/c1-4-19-9-5-6-13(19)10-17-14(16)18-11-15(7-8-15)12(2)3;/h12-13H,4-11H2,1-3H3,(H3,16,17,18);1H. The van der Waals surface area contributed by atoms with Crippen molar-refractivity contribution in [2.75, 3.05) is 26.2 Å². The van der Waals surface area contributed by atoms with E-state index < -0.39 is 0 Å². The van der Waals surface area contributed by atoms with Crippen molar-refractivity contribution in [2.24, 2.45) is 22.1 Å². The fourth-order valence-corrected chi connectivity index (χ4v) is 3.14. The number of likely N-dealkylation sites (tertiary alicyclic amines) is 1. The minimum absolute atomic E-state index is 0. The van der Waals surface area contributed by atoms with Crippen LogP contribution in [-0.4, -0.2) is 43.1 Å². The van der Waals surface area contributed by atoms with Crippen LogP contribution in [0.15, 0.2) is 4.99 Å². The van der Waals surface area contributed by atoms with Crippen LogP contribution in [0, 0.1) is 11.3 Å².